The van der Waals surface area contributed by atoms with Gasteiger partial charge in [0.1, 0.15) is 23.8 Å². The van der Waals surface area contributed by atoms with Crippen molar-refractivity contribution in [2.75, 3.05) is 6.79 Å². The van der Waals surface area contributed by atoms with Gasteiger partial charge in [0.05, 0.1) is 11.7 Å². The van der Waals surface area contributed by atoms with Crippen LogP contribution in [0.25, 0.3) is 11.4 Å². The Morgan fingerprint density at radius 1 is 1.21 bits per heavy atom. The molecule has 1 N–H and O–H groups in total. The van der Waals surface area contributed by atoms with E-state index >= 15 is 0 Å². The normalized spacial score (nSPS) is 14.9. The van der Waals surface area contributed by atoms with Gasteiger partial charge in [0.15, 0.2) is 5.82 Å². The molecule has 2 heterocycles. The van der Waals surface area contributed by atoms with Crippen LogP contribution in [0.3, 0.4) is 0 Å². The predicted molar refractivity (Wildman–Crippen MR) is 137 cm³/mol. The molecule has 1 aromatic heterocycles. The van der Waals surface area contributed by atoms with Gasteiger partial charge in [-0.15, -0.1) is 4.99 Å². The van der Waals surface area contributed by atoms with Gasteiger partial charge >= 0.3 is 0 Å². The van der Waals surface area contributed by atoms with Crippen molar-refractivity contribution >= 4 is 5.91 Å². The van der Waals surface area contributed by atoms with Crippen molar-refractivity contribution in [2.24, 2.45) is 7.05 Å². The highest BCUT2D eigenvalue weighted by atomic mass is 17.4. The summed E-state index contributed by atoms with van der Waals surface area (Å²) < 4.78 is 7.45. The molecule has 1 atom stereocenters. The topological polar surface area (TPSA) is 124 Å². The number of nitrogens with one attached hydrogen (secondary N) is 1. The van der Waals surface area contributed by atoms with Gasteiger partial charge in [-0.25, -0.2) is 9.82 Å². The van der Waals surface area contributed by atoms with E-state index in [0.717, 1.165) is 22.2 Å². The second kappa shape index (κ2) is 11.3. The van der Waals surface area contributed by atoms with E-state index in [2.05, 4.69) is 37.3 Å². The highest BCUT2D eigenvalue weighted by Crippen LogP contribution is 2.25. The third-order valence-corrected chi connectivity index (χ3v) is 5.71. The number of rotatable bonds is 8. The molecule has 1 unspecified atom stereocenters. The van der Waals surface area contributed by atoms with Crippen molar-refractivity contribution in [3.8, 4) is 23.2 Å². The van der Waals surface area contributed by atoms with Crippen molar-refractivity contribution in [2.45, 2.75) is 58.7 Å². The van der Waals surface area contributed by atoms with Crippen LogP contribution in [0.5, 0.6) is 5.75 Å². The predicted octanol–water partition coefficient (Wildman–Crippen LogP) is 3.80. The summed E-state index contributed by atoms with van der Waals surface area (Å²) in [6.07, 6.45) is -0.470. The van der Waals surface area contributed by atoms with Gasteiger partial charge in [0.25, 0.3) is 5.91 Å². The van der Waals surface area contributed by atoms with Crippen molar-refractivity contribution in [1.29, 1.82) is 5.26 Å². The Labute approximate surface area is 221 Å². The first-order chi connectivity index (χ1) is 18.0. The fraction of sp³-hybridized carbons (Fsp3) is 0.407. The van der Waals surface area contributed by atoms with Crippen LogP contribution in [-0.2, 0) is 33.6 Å². The zero-order valence-corrected chi connectivity index (χ0v) is 22.4. The maximum Gasteiger partial charge on any atom is 0.252 e. The van der Waals surface area contributed by atoms with E-state index in [4.69, 9.17) is 24.4 Å². The fourth-order valence-corrected chi connectivity index (χ4v) is 4.01. The van der Waals surface area contributed by atoms with Gasteiger partial charge in [-0.2, -0.15) is 15.2 Å². The molecule has 200 valence electrons. The number of ether oxygens (including phenoxy) is 1. The lowest BCUT2D eigenvalue weighted by molar-refractivity contribution is -0.428. The molecule has 3 aromatic rings. The average Bonchev–Trinajstić information content (AvgIpc) is 3.54. The fourth-order valence-electron chi connectivity index (χ4n) is 4.01. The summed E-state index contributed by atoms with van der Waals surface area (Å²) in [4.78, 5) is 33.1. The second-order valence-electron chi connectivity index (χ2n) is 10.2. The standard InChI is InChI=1S/C27H32N6O5/c1-17(2)37-22-12-11-20(14-21(22)15-28)25(34)29-23(33-35-16-36-38-33)13-18-7-9-19(10-8-18)24-30-26(27(3,4)5)32(6)31-24/h7-12,14,17,23H,13,16H2,1-6H3,(H,29,34). The van der Waals surface area contributed by atoms with Crippen LogP contribution in [0.1, 0.15) is 61.9 Å². The van der Waals surface area contributed by atoms with Crippen molar-refractivity contribution in [3.63, 3.8) is 0 Å². The number of hydrogen-bond acceptors (Lipinski definition) is 9. The molecule has 0 aliphatic carbocycles. The third-order valence-electron chi connectivity index (χ3n) is 5.71. The maximum absolute atomic E-state index is 13.1. The van der Waals surface area contributed by atoms with E-state index in [0.29, 0.717) is 23.6 Å². The monoisotopic (exact) mass is 520 g/mol. The summed E-state index contributed by atoms with van der Waals surface area (Å²) in [6, 6.07) is 14.5. The summed E-state index contributed by atoms with van der Waals surface area (Å²) in [7, 11) is 1.89. The van der Waals surface area contributed by atoms with E-state index in [1.54, 1.807) is 16.8 Å². The molecule has 0 spiro atoms. The summed E-state index contributed by atoms with van der Waals surface area (Å²) >= 11 is 0. The Balaban J connectivity index is 1.50. The highest BCUT2D eigenvalue weighted by molar-refractivity contribution is 5.95. The second-order valence-corrected chi connectivity index (χ2v) is 10.2. The molecule has 1 fully saturated rings. The van der Waals surface area contributed by atoms with Gasteiger partial charge in [-0.05, 0) is 42.8 Å². The number of hydrogen-bond donors (Lipinski definition) is 1. The number of benzene rings is 2. The quantitative estimate of drug-likeness (QED) is 0.442. The van der Waals surface area contributed by atoms with Crippen LogP contribution < -0.4 is 10.1 Å². The Morgan fingerprint density at radius 2 is 1.95 bits per heavy atom. The van der Waals surface area contributed by atoms with Gasteiger partial charge < -0.3 is 10.1 Å². The SMILES string of the molecule is CC(C)Oc1ccc(C(=O)NC(Cc2ccc(-c3nc(C(C)(C)C)n(C)n3)cc2)N2OCOO2)cc1C#N. The molecule has 1 aliphatic heterocycles. The lowest BCUT2D eigenvalue weighted by atomic mass is 9.96. The first-order valence-corrected chi connectivity index (χ1v) is 12.3. The van der Waals surface area contributed by atoms with E-state index < -0.39 is 12.1 Å². The van der Waals surface area contributed by atoms with E-state index in [1.807, 2.05) is 45.2 Å². The van der Waals surface area contributed by atoms with Gasteiger partial charge in [0, 0.05) is 30.0 Å². The molecule has 38 heavy (non-hydrogen) atoms. The van der Waals surface area contributed by atoms with Crippen LogP contribution in [0.2, 0.25) is 0 Å². The Hall–Kier alpha value is -3.82. The molecular weight excluding hydrogens is 488 g/mol. The molecule has 1 amide bonds. The lowest BCUT2D eigenvalue weighted by Gasteiger charge is -2.23. The zero-order chi connectivity index (χ0) is 27.4. The molecule has 11 nitrogen and oxygen atoms in total. The number of nitriles is 1. The van der Waals surface area contributed by atoms with Crippen molar-refractivity contribution in [3.05, 3.63) is 65.0 Å². The highest BCUT2D eigenvalue weighted by Gasteiger charge is 2.29. The van der Waals surface area contributed by atoms with Crippen LogP contribution >= 0.6 is 0 Å². The summed E-state index contributed by atoms with van der Waals surface area (Å²) in [5.74, 6) is 1.55. The molecule has 0 saturated carbocycles. The Bertz CT molecular complexity index is 1320. The third kappa shape index (κ3) is 6.35. The van der Waals surface area contributed by atoms with E-state index in [1.165, 1.54) is 6.07 Å². The van der Waals surface area contributed by atoms with Gasteiger partial charge in [0.2, 0.25) is 6.79 Å². The largest absolute Gasteiger partial charge is 0.490 e. The molecular formula is C27H32N6O5. The minimum atomic E-state index is -0.714. The van der Waals surface area contributed by atoms with Crippen LogP contribution in [0.4, 0.5) is 0 Å². The van der Waals surface area contributed by atoms with Crippen molar-refractivity contribution < 1.29 is 24.2 Å². The summed E-state index contributed by atoms with van der Waals surface area (Å²) in [5, 5.41) is 18.1. The van der Waals surface area contributed by atoms with E-state index in [-0.39, 0.29) is 23.9 Å². The van der Waals surface area contributed by atoms with Crippen LogP contribution in [0.15, 0.2) is 42.5 Å². The van der Waals surface area contributed by atoms with E-state index in [9.17, 15) is 10.1 Å². The number of nitrogens with zero attached hydrogens (tertiary/aromatic N) is 5. The molecule has 11 heteroatoms. The van der Waals surface area contributed by atoms with Gasteiger partial charge in [-0.3, -0.25) is 9.48 Å². The minimum absolute atomic E-state index is 0.101. The number of carbonyl (C=O) groups excluding carboxylic acids is 1. The first kappa shape index (κ1) is 27.2. The molecule has 4 rings (SSSR count). The Kier molecular flexibility index (Phi) is 8.08. The van der Waals surface area contributed by atoms with Crippen molar-refractivity contribution in [1.82, 2.24) is 25.3 Å². The number of aromatic nitrogens is 3. The number of aryl methyl sites for hydroxylation is 1. The van der Waals surface area contributed by atoms with Gasteiger partial charge in [-0.1, -0.05) is 45.0 Å². The lowest BCUT2D eigenvalue weighted by Crippen LogP contribution is -2.47. The maximum atomic E-state index is 13.1. The number of amides is 1. The minimum Gasteiger partial charge on any atom is -0.490 e. The smallest absolute Gasteiger partial charge is 0.252 e. The average molecular weight is 521 g/mol. The summed E-state index contributed by atoms with van der Waals surface area (Å²) in [6.45, 7) is 9.92. The summed E-state index contributed by atoms with van der Waals surface area (Å²) in [5.41, 5.74) is 2.23. The molecule has 1 saturated heterocycles. The molecule has 1 aliphatic rings. The zero-order valence-electron chi connectivity index (χ0n) is 22.4. The molecule has 0 bridgehead atoms. The van der Waals surface area contributed by atoms with Crippen LogP contribution in [0, 0.1) is 11.3 Å². The number of hydroxylamine groups is 2. The number of carbonyl (C=O) groups is 1. The molecule has 0 radical (unpaired) electrons. The van der Waals surface area contributed by atoms with Crippen LogP contribution in [-0.4, -0.2) is 45.0 Å². The Morgan fingerprint density at radius 3 is 2.53 bits per heavy atom. The first-order valence-electron chi connectivity index (χ1n) is 12.3. The molecule has 2 aromatic carbocycles.